The van der Waals surface area contributed by atoms with Gasteiger partial charge in [0.2, 0.25) is 0 Å². The predicted molar refractivity (Wildman–Crippen MR) is 97.4 cm³/mol. The van der Waals surface area contributed by atoms with E-state index in [0.717, 1.165) is 10.9 Å². The van der Waals surface area contributed by atoms with Gasteiger partial charge in [-0.1, -0.05) is 43.6 Å². The summed E-state index contributed by atoms with van der Waals surface area (Å²) < 4.78 is 1.80. The molecule has 3 N–H and O–H groups in total. The number of nitrogens with zero attached hydrogens (tertiary/aromatic N) is 1. The van der Waals surface area contributed by atoms with Crippen molar-refractivity contribution in [2.45, 2.75) is 19.4 Å². The highest BCUT2D eigenvalue weighted by molar-refractivity contribution is 6.30. The minimum absolute atomic E-state index is 0.201. The van der Waals surface area contributed by atoms with Crippen molar-refractivity contribution in [1.29, 1.82) is 0 Å². The van der Waals surface area contributed by atoms with E-state index in [1.165, 1.54) is 0 Å². The van der Waals surface area contributed by atoms with E-state index >= 15 is 0 Å². The SMILES string of the molecule is CC(C)C(C(=O)O)(c1ccc(Cl)cc1)n1ccc2c(N)cccc21. The molecule has 5 heteroatoms. The highest BCUT2D eigenvalue weighted by Crippen LogP contribution is 2.39. The number of carbonyl (C=O) groups is 1. The van der Waals surface area contributed by atoms with Crippen LogP contribution in [0.25, 0.3) is 10.9 Å². The lowest BCUT2D eigenvalue weighted by molar-refractivity contribution is -0.147. The van der Waals surface area contributed by atoms with Crippen molar-refractivity contribution >= 4 is 34.2 Å². The van der Waals surface area contributed by atoms with Gasteiger partial charge in [0.1, 0.15) is 0 Å². The van der Waals surface area contributed by atoms with Gasteiger partial charge in [-0.3, -0.25) is 0 Å². The molecule has 1 unspecified atom stereocenters. The summed E-state index contributed by atoms with van der Waals surface area (Å²) in [5.74, 6) is -1.12. The molecule has 1 aromatic heterocycles. The Morgan fingerprint density at radius 3 is 2.42 bits per heavy atom. The van der Waals surface area contributed by atoms with Crippen LogP contribution in [0.15, 0.2) is 54.7 Å². The van der Waals surface area contributed by atoms with Gasteiger partial charge in [-0.25, -0.2) is 4.79 Å². The van der Waals surface area contributed by atoms with Crippen molar-refractivity contribution in [2.24, 2.45) is 5.92 Å². The van der Waals surface area contributed by atoms with Gasteiger partial charge in [-0.05, 0) is 41.8 Å². The normalized spacial score (nSPS) is 14.0. The second kappa shape index (κ2) is 5.87. The van der Waals surface area contributed by atoms with Gasteiger partial charge >= 0.3 is 5.97 Å². The molecule has 2 aromatic carbocycles. The number of nitrogens with two attached hydrogens (primary N) is 1. The summed E-state index contributed by atoms with van der Waals surface area (Å²) in [6, 6.07) is 14.4. The first-order valence-electron chi connectivity index (χ1n) is 7.74. The minimum Gasteiger partial charge on any atom is -0.479 e. The second-order valence-electron chi connectivity index (χ2n) is 6.20. The molecule has 0 aliphatic rings. The standard InChI is InChI=1S/C19H19ClN2O2/c1-12(2)19(18(23)24,13-6-8-14(20)9-7-13)22-11-10-15-16(21)4-3-5-17(15)22/h3-12H,21H2,1-2H3,(H,23,24). The fraction of sp³-hybridized carbons (Fsp3) is 0.211. The Morgan fingerprint density at radius 1 is 1.17 bits per heavy atom. The van der Waals surface area contributed by atoms with Gasteiger partial charge in [0.05, 0.1) is 5.52 Å². The average molecular weight is 343 g/mol. The van der Waals surface area contributed by atoms with E-state index in [-0.39, 0.29) is 5.92 Å². The third-order valence-corrected chi connectivity index (χ3v) is 4.84. The van der Waals surface area contributed by atoms with Crippen LogP contribution in [0.2, 0.25) is 5.02 Å². The number of hydrogen-bond donors (Lipinski definition) is 2. The Labute approximate surface area is 145 Å². The number of hydrogen-bond acceptors (Lipinski definition) is 2. The summed E-state index contributed by atoms with van der Waals surface area (Å²) >= 11 is 5.99. The first-order valence-corrected chi connectivity index (χ1v) is 8.12. The number of carboxylic acid groups (broad SMARTS) is 1. The number of aliphatic carboxylic acids is 1. The molecule has 0 bridgehead atoms. The molecular formula is C19H19ClN2O2. The summed E-state index contributed by atoms with van der Waals surface area (Å²) in [5.41, 5.74) is 6.89. The Balaban J connectivity index is 2.38. The summed E-state index contributed by atoms with van der Waals surface area (Å²) in [6.45, 7) is 3.81. The maximum absolute atomic E-state index is 12.5. The first kappa shape index (κ1) is 16.4. The monoisotopic (exact) mass is 342 g/mol. The second-order valence-corrected chi connectivity index (χ2v) is 6.64. The maximum atomic E-state index is 12.5. The number of anilines is 1. The summed E-state index contributed by atoms with van der Waals surface area (Å²) in [4.78, 5) is 12.5. The van der Waals surface area contributed by atoms with E-state index in [4.69, 9.17) is 17.3 Å². The van der Waals surface area contributed by atoms with Crippen LogP contribution >= 0.6 is 11.6 Å². The van der Waals surface area contributed by atoms with Gasteiger partial charge in [-0.15, -0.1) is 0 Å². The van der Waals surface area contributed by atoms with Crippen LogP contribution in [-0.4, -0.2) is 15.6 Å². The average Bonchev–Trinajstić information content (AvgIpc) is 2.95. The van der Waals surface area contributed by atoms with Crippen LogP contribution in [0.1, 0.15) is 19.4 Å². The first-order chi connectivity index (χ1) is 11.4. The molecule has 0 amide bonds. The lowest BCUT2D eigenvalue weighted by atomic mass is 9.79. The molecule has 4 nitrogen and oxygen atoms in total. The van der Waals surface area contributed by atoms with Crippen LogP contribution in [-0.2, 0) is 10.3 Å². The van der Waals surface area contributed by atoms with E-state index in [0.29, 0.717) is 16.3 Å². The van der Waals surface area contributed by atoms with Gasteiger partial charge in [0.15, 0.2) is 5.54 Å². The van der Waals surface area contributed by atoms with Crippen molar-refractivity contribution < 1.29 is 9.90 Å². The van der Waals surface area contributed by atoms with Crippen LogP contribution in [0.3, 0.4) is 0 Å². The smallest absolute Gasteiger partial charge is 0.334 e. The van der Waals surface area contributed by atoms with Crippen molar-refractivity contribution in [2.75, 3.05) is 5.73 Å². The zero-order valence-electron chi connectivity index (χ0n) is 13.5. The molecule has 3 rings (SSSR count). The van der Waals surface area contributed by atoms with E-state index in [1.54, 1.807) is 35.0 Å². The highest BCUT2D eigenvalue weighted by atomic mass is 35.5. The van der Waals surface area contributed by atoms with Crippen molar-refractivity contribution in [3.05, 3.63) is 65.3 Å². The van der Waals surface area contributed by atoms with Crippen LogP contribution < -0.4 is 5.73 Å². The van der Waals surface area contributed by atoms with Gasteiger partial charge in [-0.2, -0.15) is 0 Å². The molecule has 1 atom stereocenters. The van der Waals surface area contributed by atoms with Gasteiger partial charge in [0.25, 0.3) is 0 Å². The minimum atomic E-state index is -1.25. The number of aromatic nitrogens is 1. The highest BCUT2D eigenvalue weighted by Gasteiger charge is 2.46. The maximum Gasteiger partial charge on any atom is 0.334 e. The molecule has 1 heterocycles. The summed E-state index contributed by atoms with van der Waals surface area (Å²) in [6.07, 6.45) is 1.80. The molecule has 124 valence electrons. The van der Waals surface area contributed by atoms with E-state index < -0.39 is 11.5 Å². The Bertz CT molecular complexity index is 899. The van der Waals surface area contributed by atoms with E-state index in [9.17, 15) is 9.90 Å². The molecular weight excluding hydrogens is 324 g/mol. The fourth-order valence-electron chi connectivity index (χ4n) is 3.43. The molecule has 0 radical (unpaired) electrons. The Hall–Kier alpha value is -2.46. The molecule has 0 aliphatic heterocycles. The molecule has 0 spiro atoms. The van der Waals surface area contributed by atoms with Crippen LogP contribution in [0.5, 0.6) is 0 Å². The fourth-order valence-corrected chi connectivity index (χ4v) is 3.55. The zero-order chi connectivity index (χ0) is 17.5. The quantitative estimate of drug-likeness (QED) is 0.692. The number of halogens is 1. The van der Waals surface area contributed by atoms with E-state index in [1.807, 2.05) is 38.1 Å². The predicted octanol–water partition coefficient (Wildman–Crippen LogP) is 4.36. The van der Waals surface area contributed by atoms with Crippen molar-refractivity contribution in [1.82, 2.24) is 4.57 Å². The third-order valence-electron chi connectivity index (χ3n) is 4.59. The van der Waals surface area contributed by atoms with Gasteiger partial charge < -0.3 is 15.4 Å². The number of nitrogen functional groups attached to an aromatic ring is 1. The van der Waals surface area contributed by atoms with E-state index in [2.05, 4.69) is 0 Å². The topological polar surface area (TPSA) is 68.2 Å². The third kappa shape index (κ3) is 2.26. The number of carboxylic acids is 1. The van der Waals surface area contributed by atoms with Crippen molar-refractivity contribution in [3.8, 4) is 0 Å². The Morgan fingerprint density at radius 2 is 1.83 bits per heavy atom. The molecule has 24 heavy (non-hydrogen) atoms. The lowest BCUT2D eigenvalue weighted by Gasteiger charge is -2.36. The largest absolute Gasteiger partial charge is 0.479 e. The Kier molecular flexibility index (Phi) is 4.01. The molecule has 0 saturated heterocycles. The van der Waals surface area contributed by atoms with Crippen LogP contribution in [0.4, 0.5) is 5.69 Å². The van der Waals surface area contributed by atoms with Crippen molar-refractivity contribution in [3.63, 3.8) is 0 Å². The molecule has 0 aliphatic carbocycles. The number of rotatable bonds is 4. The molecule has 0 saturated carbocycles. The zero-order valence-corrected chi connectivity index (χ0v) is 14.3. The molecule has 3 aromatic rings. The van der Waals surface area contributed by atoms with Gasteiger partial charge in [0, 0.05) is 22.3 Å². The summed E-state index contributed by atoms with van der Waals surface area (Å²) in [5, 5.41) is 11.7. The molecule has 0 fully saturated rings. The lowest BCUT2D eigenvalue weighted by Crippen LogP contribution is -2.47. The summed E-state index contributed by atoms with van der Waals surface area (Å²) in [7, 11) is 0. The number of fused-ring (bicyclic) bond motifs is 1. The number of benzene rings is 2. The van der Waals surface area contributed by atoms with Crippen LogP contribution in [0, 0.1) is 5.92 Å².